The number of imidazole rings is 1. The second-order valence-electron chi connectivity index (χ2n) is 6.03. The van der Waals surface area contributed by atoms with Gasteiger partial charge in [0, 0.05) is 32.2 Å². The summed E-state index contributed by atoms with van der Waals surface area (Å²) in [5.41, 5.74) is 1.68. The Morgan fingerprint density at radius 1 is 1.39 bits per heavy atom. The number of carbonyl (C=O) groups is 1. The molecule has 1 unspecified atom stereocenters. The maximum absolute atomic E-state index is 14.4. The number of fused-ring (bicyclic) bond motifs is 1. The van der Waals surface area contributed by atoms with Gasteiger partial charge in [0.2, 0.25) is 0 Å². The van der Waals surface area contributed by atoms with Crippen LogP contribution in [-0.2, 0) is 4.79 Å². The zero-order chi connectivity index (χ0) is 16.6. The summed E-state index contributed by atoms with van der Waals surface area (Å²) in [6, 6.07) is 3.12. The highest BCUT2D eigenvalue weighted by molar-refractivity contribution is 5.82. The molecule has 23 heavy (non-hydrogen) atoms. The highest BCUT2D eigenvalue weighted by Gasteiger charge is 2.23. The van der Waals surface area contributed by atoms with Gasteiger partial charge >= 0.3 is 5.97 Å². The molecular weight excluding hydrogens is 299 g/mol. The molecule has 1 fully saturated rings. The average molecular weight is 320 g/mol. The maximum atomic E-state index is 14.4. The quantitative estimate of drug-likeness (QED) is 0.902. The minimum absolute atomic E-state index is 0.305. The summed E-state index contributed by atoms with van der Waals surface area (Å²) in [6.45, 7) is 5.11. The molecule has 1 aromatic heterocycles. The van der Waals surface area contributed by atoms with Crippen molar-refractivity contribution < 1.29 is 14.3 Å². The van der Waals surface area contributed by atoms with Crippen LogP contribution in [0.2, 0.25) is 0 Å². The predicted octanol–water partition coefficient (Wildman–Crippen LogP) is 2.03. The first-order chi connectivity index (χ1) is 11.0. The zero-order valence-corrected chi connectivity index (χ0v) is 13.3. The lowest BCUT2D eigenvalue weighted by atomic mass is 10.1. The van der Waals surface area contributed by atoms with Crippen LogP contribution in [0.25, 0.3) is 11.0 Å². The number of anilines is 1. The van der Waals surface area contributed by atoms with E-state index in [1.807, 2.05) is 11.9 Å². The Hall–Kier alpha value is -2.15. The van der Waals surface area contributed by atoms with E-state index in [1.165, 1.54) is 6.07 Å². The Balaban J connectivity index is 1.96. The molecule has 1 atom stereocenters. The highest BCUT2D eigenvalue weighted by atomic mass is 19.1. The standard InChI is InChI=1S/C16H21FN4O2/c1-3-10(16(22)23)15-18-12-8-11(17)14(9-13(12)19-15)21-6-4-20(2)5-7-21/h8-10H,3-7H2,1-2H3,(H,18,19)(H,22,23). The third-order valence-corrected chi connectivity index (χ3v) is 4.45. The monoisotopic (exact) mass is 320 g/mol. The molecule has 0 amide bonds. The van der Waals surface area contributed by atoms with E-state index in [4.69, 9.17) is 0 Å². The van der Waals surface area contributed by atoms with Crippen LogP contribution in [0.4, 0.5) is 10.1 Å². The van der Waals surface area contributed by atoms with Crippen LogP contribution in [0.15, 0.2) is 12.1 Å². The van der Waals surface area contributed by atoms with Crippen molar-refractivity contribution in [2.24, 2.45) is 0 Å². The van der Waals surface area contributed by atoms with Gasteiger partial charge in [0.25, 0.3) is 0 Å². The van der Waals surface area contributed by atoms with Crippen molar-refractivity contribution >= 4 is 22.7 Å². The predicted molar refractivity (Wildman–Crippen MR) is 86.4 cm³/mol. The van der Waals surface area contributed by atoms with Crippen molar-refractivity contribution in [3.8, 4) is 0 Å². The van der Waals surface area contributed by atoms with Gasteiger partial charge in [-0.15, -0.1) is 0 Å². The van der Waals surface area contributed by atoms with Crippen LogP contribution in [-0.4, -0.2) is 59.2 Å². The Morgan fingerprint density at radius 2 is 2.09 bits per heavy atom. The number of carboxylic acid groups (broad SMARTS) is 1. The van der Waals surface area contributed by atoms with E-state index in [0.717, 1.165) is 26.2 Å². The summed E-state index contributed by atoms with van der Waals surface area (Å²) in [5, 5.41) is 9.24. The number of aromatic nitrogens is 2. The van der Waals surface area contributed by atoms with Crippen LogP contribution in [0.5, 0.6) is 0 Å². The summed E-state index contributed by atoms with van der Waals surface area (Å²) in [4.78, 5) is 22.8. The lowest BCUT2D eigenvalue weighted by Crippen LogP contribution is -2.44. The lowest BCUT2D eigenvalue weighted by molar-refractivity contribution is -0.139. The Morgan fingerprint density at radius 3 is 2.70 bits per heavy atom. The number of likely N-dealkylation sites (N-methyl/N-ethyl adjacent to an activating group) is 1. The molecule has 1 aromatic carbocycles. The molecular formula is C16H21FN4O2. The number of aliphatic carboxylic acids is 1. The van der Waals surface area contributed by atoms with E-state index in [2.05, 4.69) is 14.9 Å². The number of carboxylic acids is 1. The third-order valence-electron chi connectivity index (χ3n) is 4.45. The van der Waals surface area contributed by atoms with Gasteiger partial charge in [-0.1, -0.05) is 6.92 Å². The van der Waals surface area contributed by atoms with Gasteiger partial charge in [-0.2, -0.15) is 0 Å². The molecule has 0 bridgehead atoms. The molecule has 7 heteroatoms. The Kier molecular flexibility index (Phi) is 4.21. The molecule has 6 nitrogen and oxygen atoms in total. The minimum atomic E-state index is -0.925. The summed E-state index contributed by atoms with van der Waals surface area (Å²) < 4.78 is 14.4. The SMILES string of the molecule is CCC(C(=O)O)c1nc2cc(N3CCN(C)CC3)c(F)cc2[nH]1. The van der Waals surface area contributed by atoms with Crippen molar-refractivity contribution in [2.45, 2.75) is 19.3 Å². The first kappa shape index (κ1) is 15.7. The number of H-pyrrole nitrogens is 1. The number of hydrogen-bond acceptors (Lipinski definition) is 4. The number of hydrogen-bond donors (Lipinski definition) is 2. The molecule has 0 aliphatic carbocycles. The fourth-order valence-corrected chi connectivity index (χ4v) is 2.98. The van der Waals surface area contributed by atoms with Crippen molar-refractivity contribution in [1.29, 1.82) is 0 Å². The Bertz CT molecular complexity index is 722. The summed E-state index contributed by atoms with van der Waals surface area (Å²) >= 11 is 0. The van der Waals surface area contributed by atoms with Gasteiger partial charge in [0.1, 0.15) is 17.6 Å². The average Bonchev–Trinajstić information content (AvgIpc) is 2.90. The number of nitrogens with one attached hydrogen (secondary N) is 1. The molecule has 2 heterocycles. The van der Waals surface area contributed by atoms with Crippen molar-refractivity contribution in [2.75, 3.05) is 38.1 Å². The van der Waals surface area contributed by atoms with Crippen molar-refractivity contribution in [3.63, 3.8) is 0 Å². The maximum Gasteiger partial charge on any atom is 0.314 e. The summed E-state index contributed by atoms with van der Waals surface area (Å²) in [5.74, 6) is -1.55. The van der Waals surface area contributed by atoms with E-state index in [1.54, 1.807) is 13.0 Å². The van der Waals surface area contributed by atoms with E-state index in [9.17, 15) is 14.3 Å². The summed E-state index contributed by atoms with van der Waals surface area (Å²) in [7, 11) is 2.05. The van der Waals surface area contributed by atoms with Crippen LogP contribution in [0.3, 0.4) is 0 Å². The third kappa shape index (κ3) is 3.01. The number of benzene rings is 1. The second-order valence-corrected chi connectivity index (χ2v) is 6.03. The fraction of sp³-hybridized carbons (Fsp3) is 0.500. The molecule has 2 aromatic rings. The molecule has 1 saturated heterocycles. The van der Waals surface area contributed by atoms with Gasteiger partial charge in [0.15, 0.2) is 0 Å². The van der Waals surface area contributed by atoms with Gasteiger partial charge in [-0.25, -0.2) is 9.37 Å². The van der Waals surface area contributed by atoms with Gasteiger partial charge in [-0.05, 0) is 19.5 Å². The van der Waals surface area contributed by atoms with Gasteiger partial charge < -0.3 is 19.9 Å². The molecule has 0 radical (unpaired) electrons. The van der Waals surface area contributed by atoms with Crippen LogP contribution >= 0.6 is 0 Å². The molecule has 0 spiro atoms. The number of halogens is 1. The molecule has 2 N–H and O–H groups in total. The molecule has 0 saturated carbocycles. The fourth-order valence-electron chi connectivity index (χ4n) is 2.98. The highest BCUT2D eigenvalue weighted by Crippen LogP contribution is 2.28. The number of aromatic amines is 1. The lowest BCUT2D eigenvalue weighted by Gasteiger charge is -2.34. The smallest absolute Gasteiger partial charge is 0.314 e. The van der Waals surface area contributed by atoms with E-state index < -0.39 is 11.9 Å². The first-order valence-corrected chi connectivity index (χ1v) is 7.85. The van der Waals surface area contributed by atoms with E-state index in [0.29, 0.717) is 29.0 Å². The minimum Gasteiger partial charge on any atom is -0.481 e. The van der Waals surface area contributed by atoms with Crippen LogP contribution in [0.1, 0.15) is 25.1 Å². The molecule has 3 rings (SSSR count). The number of piperazine rings is 1. The van der Waals surface area contributed by atoms with Gasteiger partial charge in [-0.3, -0.25) is 4.79 Å². The second kappa shape index (κ2) is 6.16. The van der Waals surface area contributed by atoms with Crippen molar-refractivity contribution in [1.82, 2.24) is 14.9 Å². The number of rotatable bonds is 4. The molecule has 124 valence electrons. The molecule has 1 aliphatic heterocycles. The van der Waals surface area contributed by atoms with Crippen molar-refractivity contribution in [3.05, 3.63) is 23.8 Å². The topological polar surface area (TPSA) is 72.5 Å². The largest absolute Gasteiger partial charge is 0.481 e. The zero-order valence-electron chi connectivity index (χ0n) is 13.3. The van der Waals surface area contributed by atoms with Crippen LogP contribution < -0.4 is 4.90 Å². The first-order valence-electron chi connectivity index (χ1n) is 7.85. The Labute approximate surface area is 133 Å². The normalized spacial score (nSPS) is 17.6. The number of nitrogens with zero attached hydrogens (tertiary/aromatic N) is 3. The van der Waals surface area contributed by atoms with Gasteiger partial charge in [0.05, 0.1) is 16.7 Å². The summed E-state index contributed by atoms with van der Waals surface area (Å²) in [6.07, 6.45) is 0.433. The van der Waals surface area contributed by atoms with Crippen LogP contribution in [0, 0.1) is 5.82 Å². The van der Waals surface area contributed by atoms with E-state index in [-0.39, 0.29) is 5.82 Å². The molecule has 1 aliphatic rings. The van der Waals surface area contributed by atoms with E-state index >= 15 is 0 Å².